The molecule has 0 spiro atoms. The molecule has 0 heterocycles. The number of hydrogen-bond donors (Lipinski definition) is 2. The molecule has 0 fully saturated rings. The molecule has 2 unspecified atom stereocenters. The van der Waals surface area contributed by atoms with Gasteiger partial charge in [-0.2, -0.15) is 0 Å². The summed E-state index contributed by atoms with van der Waals surface area (Å²) in [6.07, 6.45) is 25.1. The molecule has 0 aliphatic rings. The highest BCUT2D eigenvalue weighted by molar-refractivity contribution is 7.47. The number of nitrogens with two attached hydrogens (primary N) is 1. The molecule has 0 aromatic carbocycles. The van der Waals surface area contributed by atoms with Crippen LogP contribution in [0.1, 0.15) is 149 Å². The number of esters is 2. The van der Waals surface area contributed by atoms with Gasteiger partial charge in [0, 0.05) is 19.9 Å². The number of carbonyl (C=O) groups excluding carboxylic acids is 2. The molecular weight excluding hydrogens is 533 g/mol. The summed E-state index contributed by atoms with van der Waals surface area (Å²) in [6, 6.07) is 0. The molecule has 3 N–H and O–H groups in total. The van der Waals surface area contributed by atoms with E-state index in [1.165, 1.54) is 116 Å². The van der Waals surface area contributed by atoms with Gasteiger partial charge in [0.25, 0.3) is 0 Å². The van der Waals surface area contributed by atoms with Crippen LogP contribution in [0.5, 0.6) is 0 Å². The van der Waals surface area contributed by atoms with Crippen molar-refractivity contribution in [2.45, 2.75) is 155 Å². The number of rotatable bonds is 30. The van der Waals surface area contributed by atoms with E-state index in [4.69, 9.17) is 19.7 Å². The van der Waals surface area contributed by atoms with Gasteiger partial charge in [-0.05, 0) is 6.42 Å². The lowest BCUT2D eigenvalue weighted by Gasteiger charge is -2.19. The van der Waals surface area contributed by atoms with Crippen molar-refractivity contribution in [3.05, 3.63) is 0 Å². The number of carbonyl (C=O) groups is 2. The lowest BCUT2D eigenvalue weighted by Crippen LogP contribution is -2.29. The third kappa shape index (κ3) is 28.5. The molecule has 0 amide bonds. The summed E-state index contributed by atoms with van der Waals surface area (Å²) in [4.78, 5) is 32.9. The molecule has 9 nitrogen and oxygen atoms in total. The van der Waals surface area contributed by atoms with Gasteiger partial charge in [0.05, 0.1) is 13.2 Å². The fourth-order valence-electron chi connectivity index (χ4n) is 4.48. The van der Waals surface area contributed by atoms with Crippen LogP contribution < -0.4 is 5.73 Å². The van der Waals surface area contributed by atoms with Gasteiger partial charge in [0.2, 0.25) is 0 Å². The van der Waals surface area contributed by atoms with Gasteiger partial charge in [-0.25, -0.2) is 4.57 Å². The van der Waals surface area contributed by atoms with Crippen LogP contribution in [-0.4, -0.2) is 49.3 Å². The molecule has 0 saturated carbocycles. The molecule has 0 radical (unpaired) electrons. The Hall–Kier alpha value is -0.990. The van der Waals surface area contributed by atoms with Crippen molar-refractivity contribution in [3.63, 3.8) is 0 Å². The Kier molecular flexibility index (Phi) is 27.4. The van der Waals surface area contributed by atoms with Crippen molar-refractivity contribution in [1.82, 2.24) is 0 Å². The number of unbranched alkanes of at least 4 members (excludes halogenated alkanes) is 19. The van der Waals surface area contributed by atoms with Crippen LogP contribution in [0.25, 0.3) is 0 Å². The van der Waals surface area contributed by atoms with Crippen molar-refractivity contribution in [2.75, 3.05) is 26.4 Å². The topological polar surface area (TPSA) is 134 Å². The standard InChI is InChI=1S/C30H60NO8P/c1-3-4-5-6-7-8-9-10-11-12-13-14-15-16-17-18-19-20-21-22-23-30(33)39-29(26-36-28(2)32)27-38-40(34,35)37-25-24-31/h29H,3-27,31H2,1-2H3,(H,34,35). The van der Waals surface area contributed by atoms with Crippen molar-refractivity contribution >= 4 is 19.8 Å². The highest BCUT2D eigenvalue weighted by Crippen LogP contribution is 2.43. The molecule has 0 aromatic heterocycles. The average Bonchev–Trinajstić information content (AvgIpc) is 2.92. The van der Waals surface area contributed by atoms with Crippen molar-refractivity contribution < 1.29 is 37.6 Å². The van der Waals surface area contributed by atoms with Crippen molar-refractivity contribution in [1.29, 1.82) is 0 Å². The van der Waals surface area contributed by atoms with Gasteiger partial charge < -0.3 is 20.1 Å². The molecule has 238 valence electrons. The number of hydrogen-bond acceptors (Lipinski definition) is 8. The normalized spacial score (nSPS) is 13.6. The quantitative estimate of drug-likeness (QED) is 0.0486. The summed E-state index contributed by atoms with van der Waals surface area (Å²) in [7, 11) is -4.32. The zero-order chi connectivity index (χ0) is 29.7. The number of phosphoric acid groups is 1. The third-order valence-electron chi connectivity index (χ3n) is 6.80. The number of phosphoric ester groups is 1. The maximum atomic E-state index is 12.2. The smallest absolute Gasteiger partial charge is 0.462 e. The van der Waals surface area contributed by atoms with E-state index in [1.54, 1.807) is 0 Å². The Morgan fingerprint density at radius 2 is 1.12 bits per heavy atom. The zero-order valence-electron chi connectivity index (χ0n) is 25.6. The average molecular weight is 594 g/mol. The maximum Gasteiger partial charge on any atom is 0.472 e. The molecular formula is C30H60NO8P. The van der Waals surface area contributed by atoms with Gasteiger partial charge in [-0.15, -0.1) is 0 Å². The summed E-state index contributed by atoms with van der Waals surface area (Å²) in [5.41, 5.74) is 5.24. The minimum Gasteiger partial charge on any atom is -0.462 e. The Bertz CT molecular complexity index is 649. The van der Waals surface area contributed by atoms with E-state index in [9.17, 15) is 19.0 Å². The molecule has 2 atom stereocenters. The summed E-state index contributed by atoms with van der Waals surface area (Å²) >= 11 is 0. The summed E-state index contributed by atoms with van der Waals surface area (Å²) in [5.74, 6) is -1.01. The van der Waals surface area contributed by atoms with Gasteiger partial charge in [0.1, 0.15) is 6.61 Å². The fourth-order valence-corrected chi connectivity index (χ4v) is 5.24. The molecule has 0 aliphatic heterocycles. The summed E-state index contributed by atoms with van der Waals surface area (Å²) in [6.45, 7) is 2.70. The summed E-state index contributed by atoms with van der Waals surface area (Å²) in [5, 5.41) is 0. The first-order valence-electron chi connectivity index (χ1n) is 16.0. The Morgan fingerprint density at radius 1 is 0.700 bits per heavy atom. The van der Waals surface area contributed by atoms with Crippen molar-refractivity contribution in [2.24, 2.45) is 5.73 Å². The first kappa shape index (κ1) is 39.0. The number of ether oxygens (including phenoxy) is 2. The Labute approximate surface area is 244 Å². The molecule has 40 heavy (non-hydrogen) atoms. The van der Waals surface area contributed by atoms with E-state index in [0.717, 1.165) is 12.8 Å². The van der Waals surface area contributed by atoms with Crippen LogP contribution in [0, 0.1) is 0 Å². The Balaban J connectivity index is 3.68. The molecule has 10 heteroatoms. The lowest BCUT2D eigenvalue weighted by molar-refractivity contribution is -0.160. The SMILES string of the molecule is CCCCCCCCCCCCCCCCCCCCCCC(=O)OC(COC(C)=O)COP(=O)(O)OCCN. The Morgan fingerprint density at radius 3 is 1.52 bits per heavy atom. The second kappa shape index (κ2) is 28.1. The molecule has 0 bridgehead atoms. The molecule has 0 aromatic rings. The first-order chi connectivity index (χ1) is 19.3. The monoisotopic (exact) mass is 593 g/mol. The zero-order valence-corrected chi connectivity index (χ0v) is 26.5. The van der Waals surface area contributed by atoms with Crippen LogP contribution in [0.2, 0.25) is 0 Å². The highest BCUT2D eigenvalue weighted by atomic mass is 31.2. The van der Waals surface area contributed by atoms with Gasteiger partial charge >= 0.3 is 19.8 Å². The van der Waals surface area contributed by atoms with Crippen LogP contribution in [0.15, 0.2) is 0 Å². The highest BCUT2D eigenvalue weighted by Gasteiger charge is 2.25. The van der Waals surface area contributed by atoms with E-state index < -0.39 is 32.5 Å². The van der Waals surface area contributed by atoms with E-state index in [0.29, 0.717) is 6.42 Å². The van der Waals surface area contributed by atoms with E-state index in [2.05, 4.69) is 11.4 Å². The van der Waals surface area contributed by atoms with Crippen LogP contribution in [-0.2, 0) is 32.7 Å². The van der Waals surface area contributed by atoms with E-state index in [-0.39, 0.29) is 26.2 Å². The maximum absolute atomic E-state index is 12.2. The molecule has 0 saturated heterocycles. The second-order valence-corrected chi connectivity index (χ2v) is 12.2. The largest absolute Gasteiger partial charge is 0.472 e. The summed E-state index contributed by atoms with van der Waals surface area (Å²) < 4.78 is 31.4. The minimum atomic E-state index is -4.32. The van der Waals surface area contributed by atoms with Crippen LogP contribution in [0.4, 0.5) is 0 Å². The predicted molar refractivity (Wildman–Crippen MR) is 160 cm³/mol. The second-order valence-electron chi connectivity index (χ2n) is 10.8. The van der Waals surface area contributed by atoms with Gasteiger partial charge in [-0.3, -0.25) is 18.6 Å². The first-order valence-corrected chi connectivity index (χ1v) is 17.4. The lowest BCUT2D eigenvalue weighted by atomic mass is 10.0. The fraction of sp³-hybridized carbons (Fsp3) is 0.933. The van der Waals surface area contributed by atoms with E-state index in [1.807, 2.05) is 0 Å². The minimum absolute atomic E-state index is 0.0548. The van der Waals surface area contributed by atoms with Gasteiger partial charge in [0.15, 0.2) is 6.10 Å². The molecule has 0 aliphatic carbocycles. The van der Waals surface area contributed by atoms with E-state index >= 15 is 0 Å². The van der Waals surface area contributed by atoms with Crippen LogP contribution >= 0.6 is 7.82 Å². The molecule has 0 rings (SSSR count). The van der Waals surface area contributed by atoms with Crippen molar-refractivity contribution in [3.8, 4) is 0 Å². The van der Waals surface area contributed by atoms with Gasteiger partial charge in [-0.1, -0.05) is 129 Å². The van der Waals surface area contributed by atoms with Crippen LogP contribution in [0.3, 0.4) is 0 Å². The predicted octanol–water partition coefficient (Wildman–Crippen LogP) is 7.77. The third-order valence-corrected chi connectivity index (χ3v) is 7.79.